The smallest absolute Gasteiger partial charge is 0.312 e. The minimum Gasteiger partial charge on any atom is -0.454 e. The van der Waals surface area contributed by atoms with Gasteiger partial charge in [0.05, 0.1) is 0 Å². The minimum atomic E-state index is -0.581. The van der Waals surface area contributed by atoms with Crippen LogP contribution in [0.2, 0.25) is 0 Å². The highest BCUT2D eigenvalue weighted by Gasteiger charge is 2.26. The fraction of sp³-hybridized carbons (Fsp3) is 0.364. The summed E-state index contributed by atoms with van der Waals surface area (Å²) in [5.74, 6) is 0.290. The molecule has 4 rings (SSSR count). The third-order valence-corrected chi connectivity index (χ3v) is 5.57. The zero-order valence-electron chi connectivity index (χ0n) is 16.7. The largest absolute Gasteiger partial charge is 0.454 e. The van der Waals surface area contributed by atoms with Gasteiger partial charge in [0.25, 0.3) is 0 Å². The number of benzene rings is 2. The van der Waals surface area contributed by atoms with E-state index in [2.05, 4.69) is 42.3 Å². The van der Waals surface area contributed by atoms with Gasteiger partial charge >= 0.3 is 11.8 Å². The standard InChI is InChI=1S/C22H25N3O4/c1-15-4-3-5-18(16(15)2)24-8-10-25(11-9-24)22(27)21(26)23-13-17-6-7-19-20(12-17)29-14-28-19/h3-7,12H,8-11,13-14H2,1-2H3,(H,23,26). The van der Waals surface area contributed by atoms with Crippen molar-refractivity contribution in [2.75, 3.05) is 37.9 Å². The van der Waals surface area contributed by atoms with Crippen LogP contribution in [-0.2, 0) is 16.1 Å². The molecule has 29 heavy (non-hydrogen) atoms. The Bertz CT molecular complexity index is 936. The lowest BCUT2D eigenvalue weighted by atomic mass is 10.1. The SMILES string of the molecule is Cc1cccc(N2CCN(C(=O)C(=O)NCc3ccc4c(c3)OCO4)CC2)c1C. The number of rotatable bonds is 3. The lowest BCUT2D eigenvalue weighted by Crippen LogP contribution is -2.52. The summed E-state index contributed by atoms with van der Waals surface area (Å²) in [5.41, 5.74) is 4.57. The van der Waals surface area contributed by atoms with Gasteiger partial charge in [-0.2, -0.15) is 0 Å². The summed E-state index contributed by atoms with van der Waals surface area (Å²) in [4.78, 5) is 28.7. The first-order chi connectivity index (χ1) is 14.0. The van der Waals surface area contributed by atoms with Crippen LogP contribution in [0.1, 0.15) is 16.7 Å². The van der Waals surface area contributed by atoms with E-state index < -0.39 is 11.8 Å². The number of piperazine rings is 1. The maximum atomic E-state index is 12.5. The molecule has 1 N–H and O–H groups in total. The van der Waals surface area contributed by atoms with E-state index in [1.54, 1.807) is 11.0 Å². The number of nitrogens with zero attached hydrogens (tertiary/aromatic N) is 2. The van der Waals surface area contributed by atoms with Crippen LogP contribution < -0.4 is 19.7 Å². The molecule has 2 aromatic carbocycles. The molecule has 1 saturated heterocycles. The first kappa shape index (κ1) is 19.1. The van der Waals surface area contributed by atoms with Crippen molar-refractivity contribution in [2.45, 2.75) is 20.4 Å². The number of nitrogens with one attached hydrogen (secondary N) is 1. The predicted molar refractivity (Wildman–Crippen MR) is 109 cm³/mol. The van der Waals surface area contributed by atoms with Gasteiger partial charge < -0.3 is 24.6 Å². The molecule has 2 amide bonds. The number of fused-ring (bicyclic) bond motifs is 1. The van der Waals surface area contributed by atoms with E-state index in [0.717, 1.165) is 5.56 Å². The van der Waals surface area contributed by atoms with Crippen LogP contribution >= 0.6 is 0 Å². The molecular weight excluding hydrogens is 370 g/mol. The van der Waals surface area contributed by atoms with E-state index in [1.807, 2.05) is 12.1 Å². The number of carbonyl (C=O) groups excluding carboxylic acids is 2. The summed E-state index contributed by atoms with van der Waals surface area (Å²) in [6, 6.07) is 11.7. The Kier molecular flexibility index (Phi) is 5.29. The summed E-state index contributed by atoms with van der Waals surface area (Å²) in [5, 5.41) is 2.71. The molecule has 152 valence electrons. The van der Waals surface area contributed by atoms with Gasteiger partial charge in [-0.1, -0.05) is 18.2 Å². The molecule has 7 nitrogen and oxygen atoms in total. The number of carbonyl (C=O) groups is 2. The highest BCUT2D eigenvalue weighted by atomic mass is 16.7. The van der Waals surface area contributed by atoms with Gasteiger partial charge in [-0.25, -0.2) is 0 Å². The molecule has 2 aliphatic heterocycles. The highest BCUT2D eigenvalue weighted by molar-refractivity contribution is 6.35. The Hall–Kier alpha value is -3.22. The third kappa shape index (κ3) is 3.99. The van der Waals surface area contributed by atoms with Crippen LogP contribution in [0.15, 0.2) is 36.4 Å². The maximum absolute atomic E-state index is 12.5. The number of aryl methyl sites for hydroxylation is 1. The van der Waals surface area contributed by atoms with Gasteiger partial charge in [0, 0.05) is 38.4 Å². The van der Waals surface area contributed by atoms with E-state index in [-0.39, 0.29) is 13.3 Å². The number of ether oxygens (including phenoxy) is 2. The van der Waals surface area contributed by atoms with Gasteiger partial charge in [0.15, 0.2) is 11.5 Å². The molecule has 0 atom stereocenters. The molecule has 0 spiro atoms. The number of hydrogen-bond acceptors (Lipinski definition) is 5. The average Bonchev–Trinajstić information content (AvgIpc) is 3.21. The van der Waals surface area contributed by atoms with Crippen LogP contribution in [0, 0.1) is 13.8 Å². The van der Waals surface area contributed by atoms with Crippen molar-refractivity contribution in [1.29, 1.82) is 0 Å². The van der Waals surface area contributed by atoms with Crippen molar-refractivity contribution in [1.82, 2.24) is 10.2 Å². The maximum Gasteiger partial charge on any atom is 0.312 e. The molecule has 0 bridgehead atoms. The summed E-state index contributed by atoms with van der Waals surface area (Å²) in [7, 11) is 0. The lowest BCUT2D eigenvalue weighted by Gasteiger charge is -2.36. The number of anilines is 1. The molecule has 2 aromatic rings. The monoisotopic (exact) mass is 395 g/mol. The normalized spacial score (nSPS) is 15.4. The summed E-state index contributed by atoms with van der Waals surface area (Å²) >= 11 is 0. The van der Waals surface area contributed by atoms with Crippen molar-refractivity contribution < 1.29 is 19.1 Å². The molecule has 0 radical (unpaired) electrons. The van der Waals surface area contributed by atoms with Crippen molar-refractivity contribution >= 4 is 17.5 Å². The third-order valence-electron chi connectivity index (χ3n) is 5.57. The van der Waals surface area contributed by atoms with Gasteiger partial charge in [-0.15, -0.1) is 0 Å². The molecule has 2 heterocycles. The lowest BCUT2D eigenvalue weighted by molar-refractivity contribution is -0.146. The van der Waals surface area contributed by atoms with E-state index in [1.165, 1.54) is 16.8 Å². The molecular formula is C22H25N3O4. The van der Waals surface area contributed by atoms with Gasteiger partial charge in [-0.05, 0) is 48.7 Å². The molecule has 2 aliphatic rings. The first-order valence-electron chi connectivity index (χ1n) is 9.80. The zero-order valence-corrected chi connectivity index (χ0v) is 16.7. The molecule has 7 heteroatoms. The Morgan fingerprint density at radius 1 is 1.00 bits per heavy atom. The zero-order chi connectivity index (χ0) is 20.4. The molecule has 1 fully saturated rings. The fourth-order valence-corrected chi connectivity index (χ4v) is 3.68. The number of hydrogen-bond donors (Lipinski definition) is 1. The van der Waals surface area contributed by atoms with E-state index in [4.69, 9.17) is 9.47 Å². The summed E-state index contributed by atoms with van der Waals surface area (Å²) in [6.45, 7) is 7.18. The van der Waals surface area contributed by atoms with E-state index in [0.29, 0.717) is 37.7 Å². The molecule has 0 unspecified atom stereocenters. The van der Waals surface area contributed by atoms with Gasteiger partial charge in [-0.3, -0.25) is 9.59 Å². The highest BCUT2D eigenvalue weighted by Crippen LogP contribution is 2.32. The van der Waals surface area contributed by atoms with Crippen LogP contribution in [0.3, 0.4) is 0 Å². The molecule has 0 aliphatic carbocycles. The van der Waals surface area contributed by atoms with E-state index in [9.17, 15) is 9.59 Å². The number of amides is 2. The van der Waals surface area contributed by atoms with Crippen molar-refractivity contribution in [3.8, 4) is 11.5 Å². The Labute approximate surface area is 170 Å². The molecule has 0 aromatic heterocycles. The summed E-state index contributed by atoms with van der Waals surface area (Å²) < 4.78 is 10.6. The predicted octanol–water partition coefficient (Wildman–Crippen LogP) is 2.00. The van der Waals surface area contributed by atoms with E-state index >= 15 is 0 Å². The quantitative estimate of drug-likeness (QED) is 0.805. The second-order valence-corrected chi connectivity index (χ2v) is 7.37. The molecule has 0 saturated carbocycles. The Balaban J connectivity index is 1.30. The van der Waals surface area contributed by atoms with Crippen molar-refractivity contribution in [3.05, 3.63) is 53.1 Å². The van der Waals surface area contributed by atoms with Crippen LogP contribution in [0.25, 0.3) is 0 Å². The van der Waals surface area contributed by atoms with Crippen LogP contribution in [0.5, 0.6) is 11.5 Å². The summed E-state index contributed by atoms with van der Waals surface area (Å²) in [6.07, 6.45) is 0. The Morgan fingerprint density at radius 3 is 2.55 bits per heavy atom. The minimum absolute atomic E-state index is 0.206. The Morgan fingerprint density at radius 2 is 1.76 bits per heavy atom. The van der Waals surface area contributed by atoms with Crippen LogP contribution in [-0.4, -0.2) is 49.7 Å². The van der Waals surface area contributed by atoms with Crippen molar-refractivity contribution in [2.24, 2.45) is 0 Å². The topological polar surface area (TPSA) is 71.1 Å². The second-order valence-electron chi connectivity index (χ2n) is 7.37. The second kappa shape index (κ2) is 8.03. The average molecular weight is 395 g/mol. The first-order valence-corrected chi connectivity index (χ1v) is 9.80. The van der Waals surface area contributed by atoms with Crippen molar-refractivity contribution in [3.63, 3.8) is 0 Å². The van der Waals surface area contributed by atoms with Gasteiger partial charge in [0.1, 0.15) is 0 Å². The fourth-order valence-electron chi connectivity index (χ4n) is 3.68. The van der Waals surface area contributed by atoms with Crippen LogP contribution in [0.4, 0.5) is 5.69 Å². The van der Waals surface area contributed by atoms with Gasteiger partial charge in [0.2, 0.25) is 6.79 Å².